The zero-order valence-electron chi connectivity index (χ0n) is 16.5. The average molecular weight is 385 g/mol. The molecule has 2 aliphatic rings. The Balaban J connectivity index is 1.62. The van der Waals surface area contributed by atoms with Gasteiger partial charge in [-0.1, -0.05) is 24.6 Å². The van der Waals surface area contributed by atoms with E-state index in [9.17, 15) is 4.39 Å². The van der Waals surface area contributed by atoms with Gasteiger partial charge in [-0.3, -0.25) is 9.88 Å². The van der Waals surface area contributed by atoms with Crippen molar-refractivity contribution in [1.82, 2.24) is 14.9 Å². The van der Waals surface area contributed by atoms with Gasteiger partial charge in [-0.2, -0.15) is 0 Å². The summed E-state index contributed by atoms with van der Waals surface area (Å²) >= 11 is 0. The number of aromatic amines is 1. The molecule has 146 valence electrons. The highest BCUT2D eigenvalue weighted by Crippen LogP contribution is 2.40. The third kappa shape index (κ3) is 3.34. The van der Waals surface area contributed by atoms with E-state index in [1.807, 2.05) is 36.7 Å². The molecule has 0 saturated heterocycles. The Labute approximate surface area is 170 Å². The molecule has 29 heavy (non-hydrogen) atoms. The molecular formula is C25H24FN3. The monoisotopic (exact) mass is 385 g/mol. The van der Waals surface area contributed by atoms with Gasteiger partial charge in [0.2, 0.25) is 0 Å². The number of halogens is 1. The van der Waals surface area contributed by atoms with Gasteiger partial charge in [0.25, 0.3) is 0 Å². The number of hydrogen-bond acceptors (Lipinski definition) is 2. The minimum absolute atomic E-state index is 0.221. The summed E-state index contributed by atoms with van der Waals surface area (Å²) in [6, 6.07) is 11.2. The molecule has 0 saturated carbocycles. The molecule has 0 aliphatic carbocycles. The van der Waals surface area contributed by atoms with Crippen molar-refractivity contribution in [2.45, 2.75) is 25.8 Å². The van der Waals surface area contributed by atoms with E-state index in [4.69, 9.17) is 0 Å². The number of aromatic nitrogens is 2. The van der Waals surface area contributed by atoms with Crippen LogP contribution in [0.1, 0.15) is 25.3 Å². The highest BCUT2D eigenvalue weighted by atomic mass is 19.1. The Morgan fingerprint density at radius 2 is 1.86 bits per heavy atom. The quantitative estimate of drug-likeness (QED) is 0.585. The van der Waals surface area contributed by atoms with Gasteiger partial charge in [-0.25, -0.2) is 4.39 Å². The maximum absolute atomic E-state index is 13.5. The van der Waals surface area contributed by atoms with E-state index in [2.05, 4.69) is 40.1 Å². The van der Waals surface area contributed by atoms with E-state index in [-0.39, 0.29) is 5.82 Å². The zero-order chi connectivity index (χ0) is 19.8. The predicted molar refractivity (Wildman–Crippen MR) is 116 cm³/mol. The zero-order valence-corrected chi connectivity index (χ0v) is 16.5. The molecule has 0 bridgehead atoms. The molecule has 0 spiro atoms. The standard InChI is InChI=1S/C25H24FN3/c1-2-17-13-22-14-20(9-12-29(22)16-17)23-15-28-25(19-3-5-21(26)6-4-19)24(23)18-7-10-27-11-8-18/h3-8,10-11,13-15,22,28H,2,9,12,16H2,1H3/t22-/m1/s1. The van der Waals surface area contributed by atoms with Gasteiger partial charge in [0, 0.05) is 48.8 Å². The largest absolute Gasteiger partial charge is 0.360 e. The first-order chi connectivity index (χ1) is 14.2. The number of H-pyrrole nitrogens is 1. The number of hydrogen-bond donors (Lipinski definition) is 1. The topological polar surface area (TPSA) is 31.9 Å². The van der Waals surface area contributed by atoms with E-state index < -0.39 is 0 Å². The minimum atomic E-state index is -0.221. The number of rotatable bonds is 4. The second-order valence-electron chi connectivity index (χ2n) is 7.78. The van der Waals surface area contributed by atoms with Crippen LogP contribution in [-0.4, -0.2) is 34.0 Å². The molecule has 4 heterocycles. The number of nitrogens with zero attached hydrogens (tertiary/aromatic N) is 2. The van der Waals surface area contributed by atoms with Gasteiger partial charge in [-0.15, -0.1) is 0 Å². The second kappa shape index (κ2) is 7.45. The lowest BCUT2D eigenvalue weighted by Gasteiger charge is -2.28. The van der Waals surface area contributed by atoms with Crippen LogP contribution in [0.2, 0.25) is 0 Å². The highest BCUT2D eigenvalue weighted by Gasteiger charge is 2.28. The van der Waals surface area contributed by atoms with Crippen LogP contribution in [0.25, 0.3) is 28.0 Å². The molecule has 0 radical (unpaired) electrons. The first-order valence-electron chi connectivity index (χ1n) is 10.3. The summed E-state index contributed by atoms with van der Waals surface area (Å²) in [6.45, 7) is 4.40. The fourth-order valence-corrected chi connectivity index (χ4v) is 4.49. The van der Waals surface area contributed by atoms with E-state index in [0.29, 0.717) is 6.04 Å². The van der Waals surface area contributed by atoms with Crippen LogP contribution < -0.4 is 0 Å². The predicted octanol–water partition coefficient (Wildman–Crippen LogP) is 5.69. The van der Waals surface area contributed by atoms with E-state index in [1.165, 1.54) is 28.8 Å². The van der Waals surface area contributed by atoms with E-state index >= 15 is 0 Å². The molecular weight excluding hydrogens is 361 g/mol. The Hall–Kier alpha value is -2.98. The van der Waals surface area contributed by atoms with Crippen LogP contribution in [0.5, 0.6) is 0 Å². The van der Waals surface area contributed by atoms with Crippen LogP contribution in [0.15, 0.2) is 72.7 Å². The SMILES string of the molecule is CCC1=C[C@@H]2C=C(c3c[nH]c(-c4ccc(F)cc4)c3-c3ccncc3)CCN2C1. The van der Waals surface area contributed by atoms with Crippen molar-refractivity contribution in [2.24, 2.45) is 0 Å². The molecule has 1 N–H and O–H groups in total. The van der Waals surface area contributed by atoms with E-state index in [1.54, 1.807) is 0 Å². The van der Waals surface area contributed by atoms with Gasteiger partial charge in [-0.05, 0) is 65.9 Å². The minimum Gasteiger partial charge on any atom is -0.360 e. The first-order valence-corrected chi connectivity index (χ1v) is 10.3. The summed E-state index contributed by atoms with van der Waals surface area (Å²) in [5, 5.41) is 0. The van der Waals surface area contributed by atoms with Crippen molar-refractivity contribution in [3.63, 3.8) is 0 Å². The van der Waals surface area contributed by atoms with Gasteiger partial charge in [0.15, 0.2) is 0 Å². The van der Waals surface area contributed by atoms with Gasteiger partial charge >= 0.3 is 0 Å². The lowest BCUT2D eigenvalue weighted by atomic mass is 9.91. The van der Waals surface area contributed by atoms with Crippen molar-refractivity contribution in [3.8, 4) is 22.4 Å². The molecule has 0 amide bonds. The summed E-state index contributed by atoms with van der Waals surface area (Å²) < 4.78 is 13.5. The maximum Gasteiger partial charge on any atom is 0.123 e. The number of fused-ring (bicyclic) bond motifs is 1. The molecule has 0 unspecified atom stereocenters. The number of pyridine rings is 1. The molecule has 3 nitrogen and oxygen atoms in total. The van der Waals surface area contributed by atoms with Gasteiger partial charge in [0.05, 0.1) is 5.69 Å². The van der Waals surface area contributed by atoms with Crippen LogP contribution in [0.3, 0.4) is 0 Å². The summed E-state index contributed by atoms with van der Waals surface area (Å²) in [6.07, 6.45) is 12.7. The Bertz CT molecular complexity index is 1080. The smallest absolute Gasteiger partial charge is 0.123 e. The number of benzene rings is 1. The van der Waals surface area contributed by atoms with Crippen molar-refractivity contribution in [3.05, 3.63) is 84.1 Å². The fourth-order valence-electron chi connectivity index (χ4n) is 4.49. The number of nitrogens with one attached hydrogen (secondary N) is 1. The highest BCUT2D eigenvalue weighted by molar-refractivity contribution is 5.91. The van der Waals surface area contributed by atoms with Crippen LogP contribution in [0, 0.1) is 5.82 Å². The summed E-state index contributed by atoms with van der Waals surface area (Å²) in [4.78, 5) is 10.2. The van der Waals surface area contributed by atoms with Crippen molar-refractivity contribution in [1.29, 1.82) is 0 Å². The van der Waals surface area contributed by atoms with Gasteiger partial charge < -0.3 is 4.98 Å². The molecule has 2 aliphatic heterocycles. The molecule has 1 atom stereocenters. The van der Waals surface area contributed by atoms with Crippen molar-refractivity contribution >= 4 is 5.57 Å². The molecule has 4 heteroatoms. The normalized spacial score (nSPS) is 19.0. The van der Waals surface area contributed by atoms with Crippen molar-refractivity contribution < 1.29 is 4.39 Å². The Morgan fingerprint density at radius 3 is 2.62 bits per heavy atom. The lowest BCUT2D eigenvalue weighted by molar-refractivity contribution is 0.300. The summed E-state index contributed by atoms with van der Waals surface area (Å²) in [5.74, 6) is -0.221. The molecule has 2 aromatic heterocycles. The molecule has 5 rings (SSSR count). The lowest BCUT2D eigenvalue weighted by Crippen LogP contribution is -2.33. The third-order valence-electron chi connectivity index (χ3n) is 6.06. The van der Waals surface area contributed by atoms with Crippen LogP contribution in [-0.2, 0) is 0 Å². The van der Waals surface area contributed by atoms with Crippen molar-refractivity contribution in [2.75, 3.05) is 13.1 Å². The Kier molecular flexibility index (Phi) is 4.64. The first kappa shape index (κ1) is 18.1. The van der Waals surface area contributed by atoms with Crippen LogP contribution in [0.4, 0.5) is 4.39 Å². The van der Waals surface area contributed by atoms with E-state index in [0.717, 1.165) is 48.3 Å². The third-order valence-corrected chi connectivity index (χ3v) is 6.06. The molecule has 3 aromatic rings. The Morgan fingerprint density at radius 1 is 1.07 bits per heavy atom. The van der Waals surface area contributed by atoms with Crippen LogP contribution >= 0.6 is 0 Å². The average Bonchev–Trinajstić information content (AvgIpc) is 3.38. The summed E-state index contributed by atoms with van der Waals surface area (Å²) in [7, 11) is 0. The molecule has 1 aromatic carbocycles. The summed E-state index contributed by atoms with van der Waals surface area (Å²) in [5.41, 5.74) is 8.42. The fraction of sp³-hybridized carbons (Fsp3) is 0.240. The molecule has 0 fully saturated rings. The second-order valence-corrected chi connectivity index (χ2v) is 7.78. The maximum atomic E-state index is 13.5. The van der Waals surface area contributed by atoms with Gasteiger partial charge in [0.1, 0.15) is 5.82 Å².